The van der Waals surface area contributed by atoms with Crippen LogP contribution in [0.2, 0.25) is 0 Å². The van der Waals surface area contributed by atoms with Crippen molar-refractivity contribution >= 4 is 27.4 Å². The van der Waals surface area contributed by atoms with Gasteiger partial charge in [0, 0.05) is 18.9 Å². The third-order valence-corrected chi connectivity index (χ3v) is 5.61. The zero-order chi connectivity index (χ0) is 23.3. The van der Waals surface area contributed by atoms with Gasteiger partial charge in [-0.05, 0) is 36.2 Å². The Morgan fingerprint density at radius 1 is 1.12 bits per heavy atom. The molecule has 0 bridgehead atoms. The van der Waals surface area contributed by atoms with E-state index in [1.54, 1.807) is 6.07 Å². The maximum absolute atomic E-state index is 12.1. The first kappa shape index (κ1) is 23.0. The second-order valence-electron chi connectivity index (χ2n) is 6.87. The number of rotatable bonds is 8. The van der Waals surface area contributed by atoms with Gasteiger partial charge in [-0.1, -0.05) is 6.07 Å². The summed E-state index contributed by atoms with van der Waals surface area (Å²) >= 11 is 0. The largest absolute Gasteiger partial charge is 0.486 e. The third kappa shape index (κ3) is 5.72. The first-order chi connectivity index (χ1) is 15.1. The monoisotopic (exact) mass is 464 g/mol. The number of hydrogen-bond acceptors (Lipinski definition) is 9. The van der Waals surface area contributed by atoms with Gasteiger partial charge in [0.25, 0.3) is 11.6 Å². The van der Waals surface area contributed by atoms with Crippen LogP contribution in [0, 0.1) is 10.1 Å². The van der Waals surface area contributed by atoms with Crippen LogP contribution in [-0.4, -0.2) is 57.8 Å². The van der Waals surface area contributed by atoms with Crippen LogP contribution in [0.5, 0.6) is 11.5 Å². The Morgan fingerprint density at radius 2 is 1.84 bits per heavy atom. The minimum Gasteiger partial charge on any atom is -0.486 e. The number of nitro groups is 1. The van der Waals surface area contributed by atoms with Gasteiger partial charge in [-0.3, -0.25) is 14.9 Å². The van der Waals surface area contributed by atoms with E-state index >= 15 is 0 Å². The Morgan fingerprint density at radius 3 is 2.53 bits per heavy atom. The topological polar surface area (TPSA) is 151 Å². The van der Waals surface area contributed by atoms with Gasteiger partial charge < -0.3 is 19.5 Å². The number of ether oxygens (including phenoxy) is 3. The lowest BCUT2D eigenvalue weighted by Gasteiger charge is -2.18. The van der Waals surface area contributed by atoms with E-state index in [2.05, 4.69) is 5.32 Å². The molecule has 0 aliphatic carbocycles. The second-order valence-corrected chi connectivity index (χ2v) is 8.85. The van der Waals surface area contributed by atoms with Crippen molar-refractivity contribution in [1.29, 1.82) is 0 Å². The number of fused-ring (bicyclic) bond motifs is 1. The summed E-state index contributed by atoms with van der Waals surface area (Å²) in [6.45, 7) is 0.654. The number of carbonyl (C=O) groups is 2. The highest BCUT2D eigenvalue weighted by Gasteiger charge is 2.24. The van der Waals surface area contributed by atoms with E-state index in [-0.39, 0.29) is 12.1 Å². The second kappa shape index (κ2) is 9.64. The van der Waals surface area contributed by atoms with E-state index in [1.165, 1.54) is 0 Å². The average Bonchev–Trinajstić information content (AvgIpc) is 2.76. The number of amides is 1. The van der Waals surface area contributed by atoms with Crippen LogP contribution in [-0.2, 0) is 25.8 Å². The molecule has 0 saturated heterocycles. The van der Waals surface area contributed by atoms with Crippen molar-refractivity contribution in [2.45, 2.75) is 11.3 Å². The number of nitro benzene ring substituents is 1. The Bertz CT molecular complexity index is 1160. The molecule has 1 N–H and O–H groups in total. The lowest BCUT2D eigenvalue weighted by Crippen LogP contribution is -2.30. The lowest BCUT2D eigenvalue weighted by molar-refractivity contribution is -0.387. The molecule has 1 aliphatic rings. The summed E-state index contributed by atoms with van der Waals surface area (Å²) in [5, 5.41) is 13.7. The van der Waals surface area contributed by atoms with Crippen molar-refractivity contribution in [2.75, 3.05) is 32.6 Å². The molecule has 3 rings (SSSR count). The number of nitrogens with zero attached hydrogens (tertiary/aromatic N) is 1. The maximum atomic E-state index is 12.1. The molecule has 2 aromatic carbocycles. The molecule has 0 radical (unpaired) electrons. The molecule has 2 aromatic rings. The first-order valence-corrected chi connectivity index (χ1v) is 11.3. The molecule has 0 spiro atoms. The Labute approximate surface area is 183 Å². The highest BCUT2D eigenvalue weighted by molar-refractivity contribution is 7.90. The van der Waals surface area contributed by atoms with Crippen LogP contribution in [0.4, 0.5) is 5.69 Å². The number of benzene rings is 2. The summed E-state index contributed by atoms with van der Waals surface area (Å²) in [5.41, 5.74) is -0.0659. The van der Waals surface area contributed by atoms with Crippen LogP contribution >= 0.6 is 0 Å². The molecule has 32 heavy (non-hydrogen) atoms. The number of carbonyl (C=O) groups excluding carboxylic acids is 2. The molecule has 0 saturated carbocycles. The standard InChI is InChI=1S/C20H20N2O9S/c1-32(27,28)18-5-3-14(11-15(18)22(25)26)20(24)31-12-19(23)21-7-6-13-2-4-16-17(10-13)30-9-8-29-16/h2-5,10-11H,6-9,12H2,1H3,(H,21,23). The van der Waals surface area contributed by atoms with Gasteiger partial charge in [0.1, 0.15) is 18.1 Å². The van der Waals surface area contributed by atoms with E-state index in [1.807, 2.05) is 12.1 Å². The lowest BCUT2D eigenvalue weighted by atomic mass is 10.1. The van der Waals surface area contributed by atoms with Crippen LogP contribution in [0.25, 0.3) is 0 Å². The third-order valence-electron chi connectivity index (χ3n) is 4.47. The van der Waals surface area contributed by atoms with Gasteiger partial charge in [0.15, 0.2) is 27.9 Å². The fourth-order valence-corrected chi connectivity index (χ4v) is 3.78. The van der Waals surface area contributed by atoms with E-state index in [0.717, 1.165) is 30.0 Å². The van der Waals surface area contributed by atoms with Crippen LogP contribution in [0.1, 0.15) is 15.9 Å². The van der Waals surface area contributed by atoms with Crippen LogP contribution in [0.3, 0.4) is 0 Å². The molecule has 0 atom stereocenters. The van der Waals surface area contributed by atoms with Crippen molar-refractivity contribution in [1.82, 2.24) is 5.32 Å². The van der Waals surface area contributed by atoms with E-state index in [0.29, 0.717) is 31.1 Å². The fraction of sp³-hybridized carbons (Fsp3) is 0.300. The molecular weight excluding hydrogens is 444 g/mol. The highest BCUT2D eigenvalue weighted by atomic mass is 32.2. The van der Waals surface area contributed by atoms with Gasteiger partial charge >= 0.3 is 5.97 Å². The predicted octanol–water partition coefficient (Wildman–Crippen LogP) is 1.29. The zero-order valence-corrected chi connectivity index (χ0v) is 17.8. The molecule has 170 valence electrons. The molecule has 11 nitrogen and oxygen atoms in total. The summed E-state index contributed by atoms with van der Waals surface area (Å²) in [6.07, 6.45) is 1.33. The molecular formula is C20H20N2O9S. The van der Waals surface area contributed by atoms with Crippen molar-refractivity contribution in [3.05, 3.63) is 57.6 Å². The van der Waals surface area contributed by atoms with Crippen molar-refractivity contribution in [3.63, 3.8) is 0 Å². The summed E-state index contributed by atoms with van der Waals surface area (Å²) in [7, 11) is -3.86. The summed E-state index contributed by atoms with van der Waals surface area (Å²) in [5.74, 6) is -0.237. The van der Waals surface area contributed by atoms with Gasteiger partial charge in [-0.15, -0.1) is 0 Å². The normalized spacial score (nSPS) is 12.7. The highest BCUT2D eigenvalue weighted by Crippen LogP contribution is 2.30. The van der Waals surface area contributed by atoms with E-state index in [4.69, 9.17) is 14.2 Å². The number of sulfone groups is 1. The molecule has 0 unspecified atom stereocenters. The van der Waals surface area contributed by atoms with E-state index < -0.39 is 43.8 Å². The molecule has 12 heteroatoms. The number of esters is 1. The quantitative estimate of drug-likeness (QED) is 0.346. The van der Waals surface area contributed by atoms with Crippen molar-refractivity contribution in [2.24, 2.45) is 0 Å². The van der Waals surface area contributed by atoms with Crippen molar-refractivity contribution in [3.8, 4) is 11.5 Å². The molecule has 1 heterocycles. The SMILES string of the molecule is CS(=O)(=O)c1ccc(C(=O)OCC(=O)NCCc2ccc3c(c2)OCCO3)cc1[N+](=O)[O-]. The van der Waals surface area contributed by atoms with Gasteiger partial charge in [-0.2, -0.15) is 0 Å². The average molecular weight is 464 g/mol. The van der Waals surface area contributed by atoms with Gasteiger partial charge in [-0.25, -0.2) is 13.2 Å². The summed E-state index contributed by atoms with van der Waals surface area (Å²) in [4.78, 5) is 33.8. The Hall–Kier alpha value is -3.67. The van der Waals surface area contributed by atoms with Crippen LogP contribution < -0.4 is 14.8 Å². The molecule has 0 aromatic heterocycles. The molecule has 1 amide bonds. The maximum Gasteiger partial charge on any atom is 0.338 e. The van der Waals surface area contributed by atoms with Gasteiger partial charge in [0.2, 0.25) is 0 Å². The predicted molar refractivity (Wildman–Crippen MR) is 111 cm³/mol. The Kier molecular flexibility index (Phi) is 6.93. The number of nitrogens with one attached hydrogen (secondary N) is 1. The first-order valence-electron chi connectivity index (χ1n) is 9.46. The summed E-state index contributed by atoms with van der Waals surface area (Å²) < 4.78 is 39.1. The van der Waals surface area contributed by atoms with Crippen LogP contribution in [0.15, 0.2) is 41.3 Å². The molecule has 1 aliphatic heterocycles. The van der Waals surface area contributed by atoms with Gasteiger partial charge in [0.05, 0.1) is 10.5 Å². The smallest absolute Gasteiger partial charge is 0.338 e. The van der Waals surface area contributed by atoms with Crippen molar-refractivity contribution < 1.29 is 37.1 Å². The minimum atomic E-state index is -3.86. The zero-order valence-electron chi connectivity index (χ0n) is 17.0. The summed E-state index contributed by atoms with van der Waals surface area (Å²) in [6, 6.07) is 8.32. The number of hydrogen-bond donors (Lipinski definition) is 1. The van der Waals surface area contributed by atoms with E-state index in [9.17, 15) is 28.1 Å². The fourth-order valence-electron chi connectivity index (χ4n) is 2.96. The Balaban J connectivity index is 1.51. The minimum absolute atomic E-state index is 0.242. The molecule has 0 fully saturated rings.